The molecule has 0 N–H and O–H groups in total. The van der Waals surface area contributed by atoms with E-state index in [1.54, 1.807) is 0 Å². The maximum absolute atomic E-state index is 13.0. The fourth-order valence-corrected chi connectivity index (χ4v) is 3.28. The summed E-state index contributed by atoms with van der Waals surface area (Å²) in [6.45, 7) is 3.93. The molecule has 1 aromatic heterocycles. The Kier molecular flexibility index (Phi) is 4.13. The molecule has 24 heavy (non-hydrogen) atoms. The summed E-state index contributed by atoms with van der Waals surface area (Å²) in [5.74, 6) is -0.177. The van der Waals surface area contributed by atoms with E-state index in [1.807, 2.05) is 30.6 Å². The van der Waals surface area contributed by atoms with Gasteiger partial charge in [-0.1, -0.05) is 30.3 Å². The Labute approximate surface area is 141 Å². The third kappa shape index (κ3) is 3.10. The Balaban J connectivity index is 1.38. The molecule has 0 radical (unpaired) electrons. The van der Waals surface area contributed by atoms with E-state index in [-0.39, 0.29) is 5.82 Å². The number of para-hydroxylation sites is 2. The monoisotopic (exact) mass is 321 g/mol. The molecule has 2 heterocycles. The van der Waals surface area contributed by atoms with Gasteiger partial charge in [-0.25, -0.2) is 9.37 Å². The summed E-state index contributed by atoms with van der Waals surface area (Å²) in [7, 11) is 0. The molecule has 2 aromatic carbocycles. The number of aromatic nitrogens is 2. The zero-order chi connectivity index (χ0) is 16.4. The predicted molar refractivity (Wildman–Crippen MR) is 95.2 cm³/mol. The summed E-state index contributed by atoms with van der Waals surface area (Å²) < 4.78 is 15.2. The standard InChI is InChI=1S/C20H20FN3/c21-18-7-5-16(6-8-18)17-9-11-23(12-10-17)13-14-24-15-22-19-3-1-2-4-20(19)24/h1-9,15H,10-14H2. The third-order valence-corrected chi connectivity index (χ3v) is 4.69. The van der Waals surface area contributed by atoms with E-state index >= 15 is 0 Å². The van der Waals surface area contributed by atoms with Crippen molar-refractivity contribution < 1.29 is 4.39 Å². The van der Waals surface area contributed by atoms with E-state index in [1.165, 1.54) is 23.2 Å². The van der Waals surface area contributed by atoms with Crippen LogP contribution < -0.4 is 0 Å². The summed E-state index contributed by atoms with van der Waals surface area (Å²) in [4.78, 5) is 6.89. The first-order valence-corrected chi connectivity index (χ1v) is 8.37. The van der Waals surface area contributed by atoms with E-state index in [0.717, 1.165) is 43.7 Å². The number of imidazole rings is 1. The minimum absolute atomic E-state index is 0.177. The normalized spacial score (nSPS) is 15.6. The highest BCUT2D eigenvalue weighted by Crippen LogP contribution is 2.22. The van der Waals surface area contributed by atoms with Crippen LogP contribution in [0.25, 0.3) is 16.6 Å². The highest BCUT2D eigenvalue weighted by atomic mass is 19.1. The third-order valence-electron chi connectivity index (χ3n) is 4.69. The Morgan fingerprint density at radius 2 is 1.83 bits per heavy atom. The van der Waals surface area contributed by atoms with E-state index in [4.69, 9.17) is 0 Å². The number of fused-ring (bicyclic) bond motifs is 1. The lowest BCUT2D eigenvalue weighted by molar-refractivity contribution is 0.290. The van der Waals surface area contributed by atoms with Crippen molar-refractivity contribution in [1.29, 1.82) is 0 Å². The van der Waals surface area contributed by atoms with Crippen LogP contribution in [0.3, 0.4) is 0 Å². The second-order valence-corrected chi connectivity index (χ2v) is 6.21. The van der Waals surface area contributed by atoms with E-state index < -0.39 is 0 Å². The molecule has 1 aliphatic rings. The van der Waals surface area contributed by atoms with E-state index in [0.29, 0.717) is 0 Å². The van der Waals surface area contributed by atoms with Gasteiger partial charge >= 0.3 is 0 Å². The molecule has 3 nitrogen and oxygen atoms in total. The van der Waals surface area contributed by atoms with Crippen LogP contribution in [-0.4, -0.2) is 34.1 Å². The number of hydrogen-bond acceptors (Lipinski definition) is 2. The van der Waals surface area contributed by atoms with Gasteiger partial charge in [-0.15, -0.1) is 0 Å². The number of halogens is 1. The van der Waals surface area contributed by atoms with Crippen molar-refractivity contribution in [3.05, 3.63) is 72.3 Å². The number of hydrogen-bond donors (Lipinski definition) is 0. The highest BCUT2D eigenvalue weighted by Gasteiger charge is 2.13. The Bertz CT molecular complexity index is 864. The van der Waals surface area contributed by atoms with Crippen molar-refractivity contribution in [3.63, 3.8) is 0 Å². The molecule has 0 saturated carbocycles. The van der Waals surface area contributed by atoms with Crippen molar-refractivity contribution >= 4 is 16.6 Å². The average molecular weight is 321 g/mol. The first-order valence-electron chi connectivity index (χ1n) is 8.37. The molecule has 0 atom stereocenters. The maximum Gasteiger partial charge on any atom is 0.123 e. The first-order chi connectivity index (χ1) is 11.8. The van der Waals surface area contributed by atoms with Gasteiger partial charge in [0.25, 0.3) is 0 Å². The molecule has 0 bridgehead atoms. The first kappa shape index (κ1) is 15.1. The zero-order valence-electron chi connectivity index (χ0n) is 13.5. The molecule has 0 saturated heterocycles. The summed E-state index contributed by atoms with van der Waals surface area (Å²) in [5, 5.41) is 0. The smallest absolute Gasteiger partial charge is 0.123 e. The van der Waals surface area contributed by atoms with Crippen LogP contribution in [0.15, 0.2) is 60.9 Å². The van der Waals surface area contributed by atoms with Crippen molar-refractivity contribution in [2.75, 3.05) is 19.6 Å². The number of benzene rings is 2. The fraction of sp³-hybridized carbons (Fsp3) is 0.250. The summed E-state index contributed by atoms with van der Waals surface area (Å²) in [5.41, 5.74) is 4.70. The molecule has 1 aliphatic heterocycles. The highest BCUT2D eigenvalue weighted by molar-refractivity contribution is 5.74. The number of nitrogens with zero attached hydrogens (tertiary/aromatic N) is 3. The fourth-order valence-electron chi connectivity index (χ4n) is 3.28. The lowest BCUT2D eigenvalue weighted by Crippen LogP contribution is -2.31. The molecule has 0 spiro atoms. The quantitative estimate of drug-likeness (QED) is 0.725. The number of rotatable bonds is 4. The summed E-state index contributed by atoms with van der Waals surface area (Å²) in [6, 6.07) is 15.0. The topological polar surface area (TPSA) is 21.1 Å². The lowest BCUT2D eigenvalue weighted by Gasteiger charge is -2.26. The van der Waals surface area contributed by atoms with Gasteiger partial charge in [-0.3, -0.25) is 4.90 Å². The summed E-state index contributed by atoms with van der Waals surface area (Å²) in [6.07, 6.45) is 5.20. The van der Waals surface area contributed by atoms with Gasteiger partial charge in [0, 0.05) is 26.2 Å². The molecular weight excluding hydrogens is 301 g/mol. The molecule has 3 aromatic rings. The molecule has 0 fully saturated rings. The van der Waals surface area contributed by atoms with Gasteiger partial charge in [-0.05, 0) is 41.8 Å². The molecule has 0 unspecified atom stereocenters. The molecule has 122 valence electrons. The van der Waals surface area contributed by atoms with Crippen molar-refractivity contribution in [2.24, 2.45) is 0 Å². The minimum atomic E-state index is -0.177. The van der Waals surface area contributed by atoms with Gasteiger partial charge in [-0.2, -0.15) is 0 Å². The second-order valence-electron chi connectivity index (χ2n) is 6.21. The molecule has 4 heteroatoms. The SMILES string of the molecule is Fc1ccc(C2=CCN(CCn3cnc4ccccc43)CC2)cc1. The zero-order valence-corrected chi connectivity index (χ0v) is 13.5. The van der Waals surface area contributed by atoms with Crippen LogP contribution in [0.5, 0.6) is 0 Å². The molecule has 0 aliphatic carbocycles. The Hall–Kier alpha value is -2.46. The van der Waals surface area contributed by atoms with Crippen LogP contribution >= 0.6 is 0 Å². The van der Waals surface area contributed by atoms with Gasteiger partial charge in [0.15, 0.2) is 0 Å². The van der Waals surface area contributed by atoms with Crippen molar-refractivity contribution in [2.45, 2.75) is 13.0 Å². The second kappa shape index (κ2) is 6.57. The Morgan fingerprint density at radius 3 is 2.62 bits per heavy atom. The van der Waals surface area contributed by atoms with Crippen molar-refractivity contribution in [3.8, 4) is 0 Å². The van der Waals surface area contributed by atoms with Gasteiger partial charge in [0.2, 0.25) is 0 Å². The largest absolute Gasteiger partial charge is 0.329 e. The Morgan fingerprint density at radius 1 is 1.00 bits per heavy atom. The van der Waals surface area contributed by atoms with E-state index in [9.17, 15) is 4.39 Å². The maximum atomic E-state index is 13.0. The average Bonchev–Trinajstić information content (AvgIpc) is 3.04. The predicted octanol–water partition coefficient (Wildman–Crippen LogP) is 3.96. The van der Waals surface area contributed by atoms with Gasteiger partial charge < -0.3 is 4.57 Å². The van der Waals surface area contributed by atoms with Crippen LogP contribution in [0.2, 0.25) is 0 Å². The summed E-state index contributed by atoms with van der Waals surface area (Å²) >= 11 is 0. The minimum Gasteiger partial charge on any atom is -0.329 e. The molecule has 4 rings (SSSR count). The van der Waals surface area contributed by atoms with Crippen LogP contribution in [-0.2, 0) is 6.54 Å². The van der Waals surface area contributed by atoms with Gasteiger partial charge in [0.05, 0.1) is 17.4 Å². The van der Waals surface area contributed by atoms with Crippen LogP contribution in [0.1, 0.15) is 12.0 Å². The van der Waals surface area contributed by atoms with Gasteiger partial charge in [0.1, 0.15) is 5.82 Å². The lowest BCUT2D eigenvalue weighted by atomic mass is 9.99. The van der Waals surface area contributed by atoms with Crippen LogP contribution in [0.4, 0.5) is 4.39 Å². The molecular formula is C20H20FN3. The molecule has 0 amide bonds. The van der Waals surface area contributed by atoms with E-state index in [2.05, 4.69) is 32.7 Å². The van der Waals surface area contributed by atoms with Crippen LogP contribution in [0, 0.1) is 5.82 Å². The van der Waals surface area contributed by atoms with Crippen molar-refractivity contribution in [1.82, 2.24) is 14.5 Å².